The minimum atomic E-state index is -1.62. The van der Waals surface area contributed by atoms with Crippen molar-refractivity contribution in [1.29, 1.82) is 0 Å². The van der Waals surface area contributed by atoms with Crippen molar-refractivity contribution in [3.8, 4) is 12.3 Å². The van der Waals surface area contributed by atoms with Gasteiger partial charge in [-0.2, -0.15) is 0 Å². The van der Waals surface area contributed by atoms with Crippen molar-refractivity contribution in [2.45, 2.75) is 24.4 Å². The van der Waals surface area contributed by atoms with Crippen LogP contribution in [0.1, 0.15) is 0 Å². The van der Waals surface area contributed by atoms with Gasteiger partial charge < -0.3 is 30.0 Å². The highest BCUT2D eigenvalue weighted by Crippen LogP contribution is 2.08. The third kappa shape index (κ3) is 4.38. The van der Waals surface area contributed by atoms with Gasteiger partial charge in [0.1, 0.15) is 31.0 Å². The Hall–Kier alpha value is -0.970. The van der Waals surface area contributed by atoms with Gasteiger partial charge in [0.2, 0.25) is 0 Å². The fourth-order valence-corrected chi connectivity index (χ4v) is 0.948. The molecular weight excluding hydrogens is 204 g/mol. The zero-order valence-electron chi connectivity index (χ0n) is 7.98. The molecule has 86 valence electrons. The Labute approximate surface area is 87.1 Å². The van der Waals surface area contributed by atoms with Crippen molar-refractivity contribution < 1.29 is 30.0 Å². The lowest BCUT2D eigenvalue weighted by atomic mass is 10.0. The van der Waals surface area contributed by atoms with Crippen molar-refractivity contribution in [2.75, 3.05) is 13.2 Å². The maximum atomic E-state index is 10.3. The summed E-state index contributed by atoms with van der Waals surface area (Å²) in [6.07, 6.45) is -1.05. The summed E-state index contributed by atoms with van der Waals surface area (Å²) in [7, 11) is 0. The number of rotatable bonds is 7. The lowest BCUT2D eigenvalue weighted by Crippen LogP contribution is -2.48. The van der Waals surface area contributed by atoms with E-state index in [1.165, 1.54) is 0 Å². The van der Waals surface area contributed by atoms with Gasteiger partial charge in [0, 0.05) is 0 Å². The van der Waals surface area contributed by atoms with Crippen LogP contribution < -0.4 is 0 Å². The minimum Gasteiger partial charge on any atom is -0.394 e. The predicted molar refractivity (Wildman–Crippen MR) is 49.7 cm³/mol. The van der Waals surface area contributed by atoms with Gasteiger partial charge in [-0.25, -0.2) is 0 Å². The molecule has 15 heavy (non-hydrogen) atoms. The van der Waals surface area contributed by atoms with Gasteiger partial charge in [-0.1, -0.05) is 5.92 Å². The van der Waals surface area contributed by atoms with E-state index >= 15 is 0 Å². The third-order valence-electron chi connectivity index (χ3n) is 1.75. The Morgan fingerprint density at radius 3 is 2.40 bits per heavy atom. The van der Waals surface area contributed by atoms with Crippen molar-refractivity contribution in [3.63, 3.8) is 0 Å². The van der Waals surface area contributed by atoms with Crippen molar-refractivity contribution in [3.05, 3.63) is 0 Å². The molecular formula is C9H14O6. The highest BCUT2D eigenvalue weighted by atomic mass is 16.5. The number of terminal acetylenes is 1. The van der Waals surface area contributed by atoms with Crippen LogP contribution in [0.25, 0.3) is 0 Å². The topological polar surface area (TPSA) is 107 Å². The molecule has 6 heteroatoms. The number of aliphatic hydroxyl groups excluding tert-OH is 4. The highest BCUT2D eigenvalue weighted by molar-refractivity contribution is 5.56. The molecule has 0 saturated carbocycles. The molecule has 0 spiro atoms. The predicted octanol–water partition coefficient (Wildman–Crippen LogP) is -2.72. The van der Waals surface area contributed by atoms with E-state index in [2.05, 4.69) is 5.92 Å². The first-order chi connectivity index (χ1) is 7.08. The molecule has 4 N–H and O–H groups in total. The monoisotopic (exact) mass is 218 g/mol. The van der Waals surface area contributed by atoms with Crippen molar-refractivity contribution in [2.24, 2.45) is 0 Å². The van der Waals surface area contributed by atoms with Gasteiger partial charge >= 0.3 is 0 Å². The molecule has 0 aromatic heterocycles. The number of hydrogen-bond acceptors (Lipinski definition) is 6. The standard InChI is InChI=1S/C9H14O6/c1-2-3-15-9(7(13)5-11)8(14)6(12)4-10/h1,5-10,12-14H,3-4H2/t6-,7+,8+,9-/m1/s1. The van der Waals surface area contributed by atoms with Crippen molar-refractivity contribution >= 4 is 6.29 Å². The fraction of sp³-hybridized carbons (Fsp3) is 0.667. The summed E-state index contributed by atoms with van der Waals surface area (Å²) in [5.74, 6) is 2.08. The van der Waals surface area contributed by atoms with Gasteiger partial charge in [0.25, 0.3) is 0 Å². The summed E-state index contributed by atoms with van der Waals surface area (Å²) in [6, 6.07) is 0. The van der Waals surface area contributed by atoms with E-state index in [1.54, 1.807) is 0 Å². The van der Waals surface area contributed by atoms with Gasteiger partial charge in [0.15, 0.2) is 6.29 Å². The van der Waals surface area contributed by atoms with Gasteiger partial charge in [0.05, 0.1) is 6.61 Å². The SMILES string of the molecule is C#CCO[C@@H]([C@@H](O)[C@H](O)CO)[C@@H](O)C=O. The van der Waals surface area contributed by atoms with Crippen LogP contribution >= 0.6 is 0 Å². The van der Waals surface area contributed by atoms with Crippen LogP contribution in [0.2, 0.25) is 0 Å². The zero-order chi connectivity index (χ0) is 11.8. The van der Waals surface area contributed by atoms with E-state index in [-0.39, 0.29) is 12.9 Å². The van der Waals surface area contributed by atoms with E-state index in [0.717, 1.165) is 0 Å². The maximum absolute atomic E-state index is 10.3. The molecule has 0 aromatic carbocycles. The fourth-order valence-electron chi connectivity index (χ4n) is 0.948. The van der Waals surface area contributed by atoms with E-state index in [0.29, 0.717) is 0 Å². The largest absolute Gasteiger partial charge is 0.394 e. The number of aliphatic hydroxyl groups is 4. The molecule has 0 saturated heterocycles. The number of ether oxygens (including phenoxy) is 1. The zero-order valence-corrected chi connectivity index (χ0v) is 7.98. The molecule has 0 fully saturated rings. The van der Waals surface area contributed by atoms with Crippen LogP contribution in [0.15, 0.2) is 0 Å². The smallest absolute Gasteiger partial charge is 0.151 e. The second-order valence-electron chi connectivity index (χ2n) is 2.85. The van der Waals surface area contributed by atoms with Crippen molar-refractivity contribution in [1.82, 2.24) is 0 Å². The minimum absolute atomic E-state index is 0.147. The van der Waals surface area contributed by atoms with Gasteiger partial charge in [-0.05, 0) is 0 Å². The van der Waals surface area contributed by atoms with Crippen LogP contribution in [-0.4, -0.2) is 64.3 Å². The molecule has 0 aliphatic heterocycles. The van der Waals surface area contributed by atoms with Crippen LogP contribution in [-0.2, 0) is 9.53 Å². The number of carbonyl (C=O) groups is 1. The first-order valence-electron chi connectivity index (χ1n) is 4.23. The highest BCUT2D eigenvalue weighted by Gasteiger charge is 2.32. The van der Waals surface area contributed by atoms with Gasteiger partial charge in [-0.3, -0.25) is 0 Å². The Kier molecular flexibility index (Phi) is 6.86. The second kappa shape index (κ2) is 7.34. The summed E-state index contributed by atoms with van der Waals surface area (Å²) < 4.78 is 4.79. The summed E-state index contributed by atoms with van der Waals surface area (Å²) in [5, 5.41) is 36.2. The second-order valence-corrected chi connectivity index (χ2v) is 2.85. The molecule has 0 aliphatic carbocycles. The van der Waals surface area contributed by atoms with Crippen LogP contribution in [0.5, 0.6) is 0 Å². The molecule has 0 radical (unpaired) electrons. The molecule has 0 unspecified atom stereocenters. The number of carbonyl (C=O) groups excluding carboxylic acids is 1. The van der Waals surface area contributed by atoms with E-state index < -0.39 is 31.0 Å². The molecule has 0 bridgehead atoms. The molecule has 0 aliphatic rings. The third-order valence-corrected chi connectivity index (χ3v) is 1.75. The first kappa shape index (κ1) is 14.0. The quantitative estimate of drug-likeness (QED) is 0.273. The molecule has 4 atom stereocenters. The molecule has 0 heterocycles. The van der Waals surface area contributed by atoms with E-state index in [4.69, 9.17) is 26.5 Å². The lowest BCUT2D eigenvalue weighted by Gasteiger charge is -2.26. The Bertz CT molecular complexity index is 223. The summed E-state index contributed by atoms with van der Waals surface area (Å²) in [4.78, 5) is 10.3. The average Bonchev–Trinajstić information content (AvgIpc) is 2.27. The molecule has 6 nitrogen and oxygen atoms in total. The summed E-state index contributed by atoms with van der Waals surface area (Å²) in [5.41, 5.74) is 0. The summed E-state index contributed by atoms with van der Waals surface area (Å²) >= 11 is 0. The molecule has 0 amide bonds. The lowest BCUT2D eigenvalue weighted by molar-refractivity contribution is -0.146. The first-order valence-corrected chi connectivity index (χ1v) is 4.23. The van der Waals surface area contributed by atoms with Crippen LogP contribution in [0, 0.1) is 12.3 Å². The normalized spacial score (nSPS) is 18.6. The Morgan fingerprint density at radius 1 is 1.40 bits per heavy atom. The van der Waals surface area contributed by atoms with Crippen LogP contribution in [0.3, 0.4) is 0 Å². The number of hydrogen-bond donors (Lipinski definition) is 4. The number of aldehydes is 1. The molecule has 0 rings (SSSR count). The van der Waals surface area contributed by atoms with Crippen LogP contribution in [0.4, 0.5) is 0 Å². The average molecular weight is 218 g/mol. The van der Waals surface area contributed by atoms with Gasteiger partial charge in [-0.15, -0.1) is 6.42 Å². The Balaban J connectivity index is 4.47. The summed E-state index contributed by atoms with van der Waals surface area (Å²) in [6.45, 7) is -0.951. The molecule has 0 aromatic rings. The van der Waals surface area contributed by atoms with E-state index in [9.17, 15) is 9.90 Å². The maximum Gasteiger partial charge on any atom is 0.151 e. The Morgan fingerprint density at radius 2 is 2.00 bits per heavy atom. The van der Waals surface area contributed by atoms with E-state index in [1.807, 2.05) is 0 Å².